The van der Waals surface area contributed by atoms with Crippen molar-refractivity contribution in [1.29, 1.82) is 0 Å². The number of carbonyl (C=O) groups is 3. The van der Waals surface area contributed by atoms with Crippen LogP contribution in [0, 0.1) is 0 Å². The van der Waals surface area contributed by atoms with Crippen molar-refractivity contribution in [3.8, 4) is 0 Å². The first kappa shape index (κ1) is 25.5. The van der Waals surface area contributed by atoms with Gasteiger partial charge in [0, 0.05) is 49.3 Å². The van der Waals surface area contributed by atoms with Gasteiger partial charge in [-0.2, -0.15) is 0 Å². The smallest absolute Gasteiger partial charge is 0.251 e. The zero-order valence-electron chi connectivity index (χ0n) is 19.7. The molecule has 4 N–H and O–H groups in total. The zero-order chi connectivity index (χ0) is 24.9. The zero-order valence-corrected chi connectivity index (χ0v) is 19.7. The van der Waals surface area contributed by atoms with Crippen LogP contribution in [0.2, 0.25) is 0 Å². The standard InChI is InChI=1S/C27H30N4O4/c1-35-17-5-16-28-26(33)21-10-14-24(15-11-21)31-25(32)19-29-23-12-8-22(9-13-23)27(34)30-18-20-6-3-2-4-7-20/h2-4,6-15,29H,5,16-19H2,1H3,(H,28,33)(H,30,34)(H,31,32). The van der Waals surface area contributed by atoms with Gasteiger partial charge in [-0.1, -0.05) is 30.3 Å². The van der Waals surface area contributed by atoms with Crippen LogP contribution in [0.1, 0.15) is 32.7 Å². The number of rotatable bonds is 12. The average molecular weight is 475 g/mol. The Kier molecular flexibility index (Phi) is 9.83. The molecule has 0 bridgehead atoms. The molecule has 0 saturated carbocycles. The molecule has 3 amide bonds. The van der Waals surface area contributed by atoms with Gasteiger partial charge in [0.05, 0.1) is 6.54 Å². The van der Waals surface area contributed by atoms with Gasteiger partial charge < -0.3 is 26.0 Å². The molecule has 0 heterocycles. The van der Waals surface area contributed by atoms with Gasteiger partial charge >= 0.3 is 0 Å². The molecule has 0 atom stereocenters. The fourth-order valence-electron chi connectivity index (χ4n) is 3.23. The van der Waals surface area contributed by atoms with E-state index in [2.05, 4.69) is 21.3 Å². The number of ether oxygens (including phenoxy) is 1. The van der Waals surface area contributed by atoms with E-state index in [1.165, 1.54) is 0 Å². The van der Waals surface area contributed by atoms with E-state index in [0.717, 1.165) is 17.7 Å². The topological polar surface area (TPSA) is 109 Å². The van der Waals surface area contributed by atoms with Gasteiger partial charge in [-0.15, -0.1) is 0 Å². The van der Waals surface area contributed by atoms with Crippen LogP contribution in [0.25, 0.3) is 0 Å². The van der Waals surface area contributed by atoms with Gasteiger partial charge in [-0.05, 0) is 60.5 Å². The molecule has 8 nitrogen and oxygen atoms in total. The fraction of sp³-hybridized carbons (Fsp3) is 0.222. The van der Waals surface area contributed by atoms with Gasteiger partial charge in [-0.25, -0.2) is 0 Å². The Morgan fingerprint density at radius 3 is 1.97 bits per heavy atom. The fourth-order valence-corrected chi connectivity index (χ4v) is 3.23. The molecule has 0 saturated heterocycles. The second kappa shape index (κ2) is 13.5. The third-order valence-corrected chi connectivity index (χ3v) is 5.14. The van der Waals surface area contributed by atoms with E-state index in [4.69, 9.17) is 4.74 Å². The second-order valence-corrected chi connectivity index (χ2v) is 7.83. The highest BCUT2D eigenvalue weighted by molar-refractivity contribution is 5.97. The molecule has 0 aliphatic heterocycles. The van der Waals surface area contributed by atoms with Crippen LogP contribution < -0.4 is 21.3 Å². The van der Waals surface area contributed by atoms with Crippen molar-refractivity contribution < 1.29 is 19.1 Å². The van der Waals surface area contributed by atoms with Crippen LogP contribution in [0.15, 0.2) is 78.9 Å². The Morgan fingerprint density at radius 1 is 0.743 bits per heavy atom. The lowest BCUT2D eigenvalue weighted by Crippen LogP contribution is -2.25. The molecule has 8 heteroatoms. The summed E-state index contributed by atoms with van der Waals surface area (Å²) < 4.78 is 4.95. The number of hydrogen-bond acceptors (Lipinski definition) is 5. The predicted molar refractivity (Wildman–Crippen MR) is 136 cm³/mol. The lowest BCUT2D eigenvalue weighted by atomic mass is 10.1. The number of methoxy groups -OCH3 is 1. The first-order valence-corrected chi connectivity index (χ1v) is 11.4. The Hall–Kier alpha value is -4.17. The molecule has 0 aliphatic rings. The van der Waals surface area contributed by atoms with Gasteiger partial charge in [0.1, 0.15) is 0 Å². The summed E-state index contributed by atoms with van der Waals surface area (Å²) in [4.78, 5) is 36.7. The van der Waals surface area contributed by atoms with E-state index in [1.807, 2.05) is 30.3 Å². The molecule has 0 fully saturated rings. The van der Waals surface area contributed by atoms with Crippen molar-refractivity contribution in [3.05, 3.63) is 95.6 Å². The van der Waals surface area contributed by atoms with Crippen molar-refractivity contribution in [2.45, 2.75) is 13.0 Å². The number of amides is 3. The monoisotopic (exact) mass is 474 g/mol. The number of carbonyl (C=O) groups excluding carboxylic acids is 3. The summed E-state index contributed by atoms with van der Waals surface area (Å²) in [6.07, 6.45) is 0.744. The van der Waals surface area contributed by atoms with Crippen LogP contribution in [0.5, 0.6) is 0 Å². The predicted octanol–water partition coefficient (Wildman–Crippen LogP) is 3.43. The van der Waals surface area contributed by atoms with Crippen LogP contribution in [-0.2, 0) is 16.1 Å². The quantitative estimate of drug-likeness (QED) is 0.301. The number of benzene rings is 3. The lowest BCUT2D eigenvalue weighted by molar-refractivity contribution is -0.114. The molecule has 0 spiro atoms. The van der Waals surface area contributed by atoms with E-state index < -0.39 is 0 Å². The van der Waals surface area contributed by atoms with E-state index in [0.29, 0.717) is 36.5 Å². The Bertz CT molecular complexity index is 1100. The van der Waals surface area contributed by atoms with E-state index in [1.54, 1.807) is 55.6 Å². The lowest BCUT2D eigenvalue weighted by Gasteiger charge is -2.10. The SMILES string of the molecule is COCCCNC(=O)c1ccc(NC(=O)CNc2ccc(C(=O)NCc3ccccc3)cc2)cc1. The summed E-state index contributed by atoms with van der Waals surface area (Å²) in [5.41, 5.74) is 3.41. The minimum Gasteiger partial charge on any atom is -0.385 e. The molecule has 0 unspecified atom stereocenters. The van der Waals surface area contributed by atoms with Gasteiger partial charge in [-0.3, -0.25) is 14.4 Å². The highest BCUT2D eigenvalue weighted by Gasteiger charge is 2.08. The molecule has 3 aromatic carbocycles. The highest BCUT2D eigenvalue weighted by Crippen LogP contribution is 2.12. The Morgan fingerprint density at radius 2 is 1.34 bits per heavy atom. The number of anilines is 2. The van der Waals surface area contributed by atoms with Gasteiger partial charge in [0.2, 0.25) is 5.91 Å². The average Bonchev–Trinajstić information content (AvgIpc) is 2.90. The maximum atomic E-state index is 12.3. The van der Waals surface area contributed by atoms with Gasteiger partial charge in [0.25, 0.3) is 11.8 Å². The summed E-state index contributed by atoms with van der Waals surface area (Å²) >= 11 is 0. The van der Waals surface area contributed by atoms with Crippen molar-refractivity contribution >= 4 is 29.1 Å². The Balaban J connectivity index is 1.40. The molecule has 0 aliphatic carbocycles. The van der Waals surface area contributed by atoms with E-state index >= 15 is 0 Å². The van der Waals surface area contributed by atoms with Crippen molar-refractivity contribution in [3.63, 3.8) is 0 Å². The van der Waals surface area contributed by atoms with Crippen LogP contribution >= 0.6 is 0 Å². The summed E-state index contributed by atoms with van der Waals surface area (Å²) in [6, 6.07) is 23.3. The summed E-state index contributed by atoms with van der Waals surface area (Å²) in [6.45, 7) is 1.64. The molecule has 3 aromatic rings. The van der Waals surface area contributed by atoms with E-state index in [9.17, 15) is 14.4 Å². The number of hydrogen-bond donors (Lipinski definition) is 4. The normalized spacial score (nSPS) is 10.3. The number of nitrogens with one attached hydrogen (secondary N) is 4. The second-order valence-electron chi connectivity index (χ2n) is 7.83. The van der Waals surface area contributed by atoms with Crippen molar-refractivity contribution in [2.24, 2.45) is 0 Å². The third-order valence-electron chi connectivity index (χ3n) is 5.14. The molecular formula is C27H30N4O4. The largest absolute Gasteiger partial charge is 0.385 e. The van der Waals surface area contributed by atoms with Crippen molar-refractivity contribution in [2.75, 3.05) is 37.4 Å². The molecule has 182 valence electrons. The minimum absolute atomic E-state index is 0.0568. The molecule has 0 radical (unpaired) electrons. The molecule has 35 heavy (non-hydrogen) atoms. The van der Waals surface area contributed by atoms with Crippen LogP contribution in [0.3, 0.4) is 0 Å². The first-order valence-electron chi connectivity index (χ1n) is 11.4. The van der Waals surface area contributed by atoms with Gasteiger partial charge in [0.15, 0.2) is 0 Å². The summed E-state index contributed by atoms with van der Waals surface area (Å²) in [5, 5.41) is 11.5. The van der Waals surface area contributed by atoms with Crippen LogP contribution in [-0.4, -0.2) is 44.5 Å². The summed E-state index contributed by atoms with van der Waals surface area (Å²) in [7, 11) is 1.62. The van der Waals surface area contributed by atoms with Crippen LogP contribution in [0.4, 0.5) is 11.4 Å². The molecule has 3 rings (SSSR count). The molecule has 0 aromatic heterocycles. The third kappa shape index (κ3) is 8.60. The van der Waals surface area contributed by atoms with Crippen molar-refractivity contribution in [1.82, 2.24) is 10.6 Å². The summed E-state index contributed by atoms with van der Waals surface area (Å²) in [5.74, 6) is -0.561. The first-order chi connectivity index (χ1) is 17.0. The maximum absolute atomic E-state index is 12.3. The minimum atomic E-state index is -0.230. The highest BCUT2D eigenvalue weighted by atomic mass is 16.5. The van der Waals surface area contributed by atoms with E-state index in [-0.39, 0.29) is 24.3 Å². The molecular weight excluding hydrogens is 444 g/mol. The maximum Gasteiger partial charge on any atom is 0.251 e. The Labute approximate surface area is 205 Å².